The van der Waals surface area contributed by atoms with E-state index in [4.69, 9.17) is 0 Å². The van der Waals surface area contributed by atoms with Gasteiger partial charge in [-0.15, -0.1) is 0 Å². The second kappa shape index (κ2) is 25.4. The molecule has 0 nitrogen and oxygen atoms in total. The summed E-state index contributed by atoms with van der Waals surface area (Å²) in [4.78, 5) is 0. The van der Waals surface area contributed by atoms with Crippen LogP contribution >= 0.6 is 0 Å². The van der Waals surface area contributed by atoms with E-state index in [1.54, 1.807) is 0 Å². The maximum Gasteiger partial charge on any atom is 0.0159 e. The van der Waals surface area contributed by atoms with Crippen LogP contribution in [0.3, 0.4) is 0 Å². The van der Waals surface area contributed by atoms with E-state index < -0.39 is 0 Å². The van der Waals surface area contributed by atoms with Crippen molar-refractivity contribution in [1.29, 1.82) is 0 Å². The average Bonchev–Trinajstić information content (AvgIpc) is 1.57. The van der Waals surface area contributed by atoms with Gasteiger partial charge < -0.3 is 0 Å². The first-order valence-electron chi connectivity index (χ1n) is 41.2. The molecule has 6 aliphatic rings. The normalized spacial score (nSPS) is 15.7. The second-order valence-corrected chi connectivity index (χ2v) is 35.1. The van der Waals surface area contributed by atoms with E-state index in [2.05, 4.69) is 395 Å². The van der Waals surface area contributed by atoms with Crippen molar-refractivity contribution in [2.24, 2.45) is 0 Å². The lowest BCUT2D eigenvalue weighted by molar-refractivity contribution is 0.652. The Morgan fingerprint density at radius 1 is 0.211 bits per heavy atom. The maximum atomic E-state index is 2.59. The Bertz CT molecular complexity index is 7250. The minimum atomic E-state index is -0.0777. The van der Waals surface area contributed by atoms with Crippen LogP contribution in [0.4, 0.5) is 0 Å². The van der Waals surface area contributed by atoms with E-state index in [-0.39, 0.29) is 21.7 Å². The molecule has 0 saturated carbocycles. The summed E-state index contributed by atoms with van der Waals surface area (Å²) in [6.45, 7) is 19.2. The first kappa shape index (κ1) is 68.1. The summed E-state index contributed by atoms with van der Waals surface area (Å²) >= 11 is 0. The molecule has 0 aliphatic heterocycles. The van der Waals surface area contributed by atoms with Gasteiger partial charge in [0.2, 0.25) is 0 Å². The van der Waals surface area contributed by atoms with E-state index in [0.717, 1.165) is 25.7 Å². The molecule has 0 saturated heterocycles. The van der Waals surface area contributed by atoms with Gasteiger partial charge in [0.15, 0.2) is 0 Å². The van der Waals surface area contributed by atoms with Gasteiger partial charge in [-0.05, 0) is 299 Å². The highest BCUT2D eigenvalue weighted by atomic mass is 14.4. The third-order valence-electron chi connectivity index (χ3n) is 27.5. The van der Waals surface area contributed by atoms with Crippen molar-refractivity contribution in [3.63, 3.8) is 0 Å². The van der Waals surface area contributed by atoms with Crippen LogP contribution in [-0.4, -0.2) is 0 Å². The fourth-order valence-electron chi connectivity index (χ4n) is 21.6. The molecular formula is C114H88. The van der Waals surface area contributed by atoms with E-state index in [1.165, 1.54) is 231 Å². The molecule has 0 bridgehead atoms. The van der Waals surface area contributed by atoms with Crippen molar-refractivity contribution in [3.05, 3.63) is 394 Å². The largest absolute Gasteiger partial charge is 0.0757 e. The van der Waals surface area contributed by atoms with Crippen molar-refractivity contribution >= 4 is 77.2 Å². The molecule has 0 N–H and O–H groups in total. The van der Waals surface area contributed by atoms with Gasteiger partial charge in [-0.2, -0.15) is 0 Å². The average molecular weight is 1460 g/mol. The topological polar surface area (TPSA) is 0 Å². The molecule has 17 aromatic rings. The third-order valence-corrected chi connectivity index (χ3v) is 27.5. The monoisotopic (exact) mass is 1460 g/mol. The van der Waals surface area contributed by atoms with E-state index in [9.17, 15) is 0 Å². The van der Waals surface area contributed by atoms with Crippen molar-refractivity contribution < 1.29 is 0 Å². The summed E-state index contributed by atoms with van der Waals surface area (Å²) in [6.07, 6.45) is 11.8. The summed E-state index contributed by atoms with van der Waals surface area (Å²) < 4.78 is 0. The Morgan fingerprint density at radius 3 is 1.07 bits per heavy atom. The Labute approximate surface area is 669 Å². The summed E-state index contributed by atoms with van der Waals surface area (Å²) in [5, 5.41) is 15.7. The van der Waals surface area contributed by atoms with Crippen LogP contribution in [-0.2, 0) is 21.7 Å². The Morgan fingerprint density at radius 2 is 0.544 bits per heavy atom. The third kappa shape index (κ3) is 10.3. The van der Waals surface area contributed by atoms with Gasteiger partial charge in [-0.3, -0.25) is 0 Å². The van der Waals surface area contributed by atoms with Crippen molar-refractivity contribution in [2.75, 3.05) is 0 Å². The molecule has 544 valence electrons. The van der Waals surface area contributed by atoms with Crippen LogP contribution in [0.15, 0.2) is 333 Å². The number of hydrogen-bond donors (Lipinski definition) is 0. The highest BCUT2D eigenvalue weighted by Crippen LogP contribution is 2.57. The molecule has 0 heteroatoms. The predicted octanol–water partition coefficient (Wildman–Crippen LogP) is 29.3. The Hall–Kier alpha value is -12.7. The van der Waals surface area contributed by atoms with Crippen LogP contribution in [0.2, 0.25) is 0 Å². The maximum absolute atomic E-state index is 2.59. The second-order valence-electron chi connectivity index (χ2n) is 35.1. The lowest BCUT2D eigenvalue weighted by atomic mass is 9.76. The van der Waals surface area contributed by atoms with Crippen LogP contribution in [0.5, 0.6) is 0 Å². The first-order chi connectivity index (χ1) is 55.5. The van der Waals surface area contributed by atoms with Gasteiger partial charge in [0.25, 0.3) is 0 Å². The molecule has 6 aliphatic carbocycles. The number of rotatable bonds is 7. The molecule has 0 unspecified atom stereocenters. The predicted molar refractivity (Wildman–Crippen MR) is 487 cm³/mol. The number of hydrogen-bond acceptors (Lipinski definition) is 0. The first-order valence-corrected chi connectivity index (χ1v) is 41.2. The SMILES string of the molecule is CC1(C)C2=C(CCC(c3c4ccccc4c(-c4ccc5c(c4)C(C)(C)c4ccccc4-5)c4ccc(-c5ccc6c(c5)C(C)(C)c5ccccc5-6)cc34)=C2)c2ccccc21.CC1(C)c2ccccc2-c2ccc(-c3c4c(c(-c5ccc(-c6ccc7ccccc7c6)cc5)c5cc(-c6ccc7ccccc7c6)ccc35)=CCCC=4)cc21. The van der Waals surface area contributed by atoms with E-state index >= 15 is 0 Å². The Balaban J connectivity index is 0.000000139. The molecule has 0 radical (unpaired) electrons. The molecule has 17 aromatic carbocycles. The van der Waals surface area contributed by atoms with E-state index in [0.29, 0.717) is 0 Å². The molecule has 0 spiro atoms. The number of benzene rings is 17. The van der Waals surface area contributed by atoms with E-state index in [1.807, 2.05) is 0 Å². The summed E-state index contributed by atoms with van der Waals surface area (Å²) in [5.41, 5.74) is 40.5. The Kier molecular flexibility index (Phi) is 15.2. The molecule has 0 aromatic heterocycles. The summed E-state index contributed by atoms with van der Waals surface area (Å²) in [6, 6.07) is 122. The van der Waals surface area contributed by atoms with Gasteiger partial charge >= 0.3 is 0 Å². The highest BCUT2D eigenvalue weighted by molar-refractivity contribution is 6.20. The molecule has 0 amide bonds. The molecular weight excluding hydrogens is 1370 g/mol. The van der Waals surface area contributed by atoms with Crippen LogP contribution < -0.4 is 10.4 Å². The van der Waals surface area contributed by atoms with Gasteiger partial charge in [-0.1, -0.05) is 353 Å². The number of allylic oxidation sites excluding steroid dienone is 4. The quantitative estimate of drug-likeness (QED) is 0.140. The fourth-order valence-corrected chi connectivity index (χ4v) is 21.6. The van der Waals surface area contributed by atoms with Crippen LogP contribution in [0, 0.1) is 0 Å². The van der Waals surface area contributed by atoms with Gasteiger partial charge in [-0.25, -0.2) is 0 Å². The minimum absolute atomic E-state index is 0.0438. The lowest BCUT2D eigenvalue weighted by Gasteiger charge is -2.27. The van der Waals surface area contributed by atoms with Gasteiger partial charge in [0.1, 0.15) is 0 Å². The smallest absolute Gasteiger partial charge is 0.0159 e. The van der Waals surface area contributed by atoms with Crippen molar-refractivity contribution in [2.45, 2.75) is 103 Å². The van der Waals surface area contributed by atoms with Crippen molar-refractivity contribution in [3.8, 4) is 100 Å². The van der Waals surface area contributed by atoms with Crippen LogP contribution in [0.1, 0.15) is 131 Å². The molecule has 23 rings (SSSR count). The number of fused-ring (bicyclic) bond motifs is 17. The van der Waals surface area contributed by atoms with Gasteiger partial charge in [0, 0.05) is 21.7 Å². The molecule has 0 heterocycles. The molecule has 0 atom stereocenters. The van der Waals surface area contributed by atoms with Crippen LogP contribution in [0.25, 0.3) is 177 Å². The van der Waals surface area contributed by atoms with Crippen molar-refractivity contribution in [1.82, 2.24) is 0 Å². The summed E-state index contributed by atoms with van der Waals surface area (Å²) in [7, 11) is 0. The lowest BCUT2D eigenvalue weighted by Crippen LogP contribution is -2.31. The summed E-state index contributed by atoms with van der Waals surface area (Å²) in [5.74, 6) is 0. The van der Waals surface area contributed by atoms with Gasteiger partial charge in [0.05, 0.1) is 0 Å². The zero-order valence-electron chi connectivity index (χ0n) is 66.2. The highest BCUT2D eigenvalue weighted by Gasteiger charge is 2.41. The standard InChI is InChI=1S/C59H48.C55H40/c1-57(2)49-20-12-9-15-39(49)42-27-23-36(32-52(42)57)35-24-30-47-48(31-35)56(38-26-29-44-41-17-11-14-22-51(41)59(5,6)54(44)34-38)46-19-8-7-18-45(46)55(47)37-25-28-43-40-16-10-13-21-50(40)58(3,4)53(43)33-37;1-55(2)51-18-10-9-15-45(51)46-29-28-44(34-52(46)55)54-48-17-8-7-16-47(48)53(38-23-19-37(20-24-38)41-25-21-35-11-3-5-13-39(35)31-41)50-33-43(27-30-49(50)54)42-26-22-36-12-4-6-14-40(36)32-42/h7-25,27-28,30-34H,26,29H2,1-6H3;3-6,9-34H,7-8H2,1-2H3. The molecule has 114 heavy (non-hydrogen) atoms. The molecule has 0 fully saturated rings. The zero-order valence-corrected chi connectivity index (χ0v) is 66.2. The fraction of sp³-hybridized carbons (Fsp3) is 0.140. The zero-order chi connectivity index (χ0) is 76.7. The minimum Gasteiger partial charge on any atom is -0.0757 e.